The Kier molecular flexibility index (Phi) is 1.34. The molecular weight excluding hydrogens is 108 g/mol. The van der Waals surface area contributed by atoms with Gasteiger partial charge in [-0.1, -0.05) is 0 Å². The molecular formula is C4H8N2O2. The average Bonchev–Trinajstić information content (AvgIpc) is 2.14. The highest BCUT2D eigenvalue weighted by Crippen LogP contribution is 1.86. The molecule has 0 saturated carbocycles. The molecule has 0 aromatic carbocycles. The molecule has 1 saturated heterocycles. The number of urea groups is 1. The molecule has 1 atom stereocenters. The van der Waals surface area contributed by atoms with Gasteiger partial charge >= 0.3 is 6.03 Å². The van der Waals surface area contributed by atoms with Crippen LogP contribution in [0, 0.1) is 0 Å². The summed E-state index contributed by atoms with van der Waals surface area (Å²) in [5.41, 5.74) is 0. The highest BCUT2D eigenvalue weighted by molar-refractivity contribution is 5.76. The Hall–Kier alpha value is -0.770. The fourth-order valence-corrected chi connectivity index (χ4v) is 0.614. The number of rotatable bonds is 1. The first-order chi connectivity index (χ1) is 3.83. The number of amides is 2. The van der Waals surface area contributed by atoms with Gasteiger partial charge in [-0.2, -0.15) is 0 Å². The Balaban J connectivity index is 2.32. The maximum Gasteiger partial charge on any atom is 0.315 e. The van der Waals surface area contributed by atoms with Crippen LogP contribution < -0.4 is 10.6 Å². The zero-order valence-corrected chi connectivity index (χ0v) is 4.35. The normalized spacial score (nSPS) is 27.1. The van der Waals surface area contributed by atoms with E-state index in [0.717, 1.165) is 0 Å². The minimum Gasteiger partial charge on any atom is -0.394 e. The minimum absolute atomic E-state index is 0.0126. The van der Waals surface area contributed by atoms with Crippen molar-refractivity contribution in [2.45, 2.75) is 6.04 Å². The quantitative estimate of drug-likeness (QED) is 0.397. The molecule has 1 rings (SSSR count). The number of carbonyl (C=O) groups excluding carboxylic acids is 1. The predicted molar refractivity (Wildman–Crippen MR) is 27.4 cm³/mol. The summed E-state index contributed by atoms with van der Waals surface area (Å²) in [7, 11) is 0. The average molecular weight is 116 g/mol. The van der Waals surface area contributed by atoms with Crippen LogP contribution in [-0.2, 0) is 0 Å². The molecule has 4 heteroatoms. The van der Waals surface area contributed by atoms with Crippen LogP contribution in [0.25, 0.3) is 0 Å². The first-order valence-corrected chi connectivity index (χ1v) is 2.48. The van der Waals surface area contributed by atoms with Crippen LogP contribution in [0.3, 0.4) is 0 Å². The molecule has 1 aliphatic heterocycles. The third-order valence-electron chi connectivity index (χ3n) is 1.06. The topological polar surface area (TPSA) is 61.4 Å². The summed E-state index contributed by atoms with van der Waals surface area (Å²) in [5.74, 6) is 0. The van der Waals surface area contributed by atoms with Crippen LogP contribution in [0.15, 0.2) is 0 Å². The van der Waals surface area contributed by atoms with E-state index in [-0.39, 0.29) is 18.7 Å². The molecule has 3 N–H and O–H groups in total. The molecule has 0 aliphatic carbocycles. The van der Waals surface area contributed by atoms with Crippen molar-refractivity contribution in [1.82, 2.24) is 10.6 Å². The van der Waals surface area contributed by atoms with Gasteiger partial charge < -0.3 is 15.7 Å². The van der Waals surface area contributed by atoms with Gasteiger partial charge in [-0.15, -0.1) is 0 Å². The summed E-state index contributed by atoms with van der Waals surface area (Å²) in [4.78, 5) is 10.3. The van der Waals surface area contributed by atoms with Gasteiger partial charge in [0.05, 0.1) is 12.6 Å². The van der Waals surface area contributed by atoms with Crippen LogP contribution in [0.4, 0.5) is 4.79 Å². The van der Waals surface area contributed by atoms with Crippen LogP contribution in [0.2, 0.25) is 0 Å². The molecule has 1 fully saturated rings. The van der Waals surface area contributed by atoms with Crippen molar-refractivity contribution in [1.29, 1.82) is 0 Å². The highest BCUT2D eigenvalue weighted by Gasteiger charge is 2.17. The van der Waals surface area contributed by atoms with Gasteiger partial charge in [0.15, 0.2) is 0 Å². The third kappa shape index (κ3) is 0.894. The van der Waals surface area contributed by atoms with Crippen molar-refractivity contribution in [2.24, 2.45) is 0 Å². The van der Waals surface area contributed by atoms with E-state index < -0.39 is 0 Å². The summed E-state index contributed by atoms with van der Waals surface area (Å²) in [6.07, 6.45) is 0. The Morgan fingerprint density at radius 3 is 2.88 bits per heavy atom. The number of aliphatic hydroxyl groups excluding tert-OH is 1. The van der Waals surface area contributed by atoms with Gasteiger partial charge in [0.2, 0.25) is 0 Å². The fourth-order valence-electron chi connectivity index (χ4n) is 0.614. The molecule has 0 spiro atoms. The van der Waals surface area contributed by atoms with Gasteiger partial charge in [0.1, 0.15) is 0 Å². The number of nitrogens with one attached hydrogen (secondary N) is 2. The highest BCUT2D eigenvalue weighted by atomic mass is 16.3. The lowest BCUT2D eigenvalue weighted by Gasteiger charge is -1.99. The van der Waals surface area contributed by atoms with Crippen molar-refractivity contribution >= 4 is 6.03 Å². The Morgan fingerprint density at radius 1 is 1.88 bits per heavy atom. The molecule has 4 nitrogen and oxygen atoms in total. The van der Waals surface area contributed by atoms with E-state index in [0.29, 0.717) is 6.54 Å². The fraction of sp³-hybridized carbons (Fsp3) is 0.750. The second-order valence-electron chi connectivity index (χ2n) is 1.73. The maximum absolute atomic E-state index is 10.3. The molecule has 1 aliphatic rings. The van der Waals surface area contributed by atoms with E-state index >= 15 is 0 Å². The molecule has 8 heavy (non-hydrogen) atoms. The van der Waals surface area contributed by atoms with Crippen molar-refractivity contribution in [3.05, 3.63) is 0 Å². The Labute approximate surface area is 46.9 Å². The molecule has 0 aromatic heterocycles. The summed E-state index contributed by atoms with van der Waals surface area (Å²) >= 11 is 0. The van der Waals surface area contributed by atoms with E-state index in [2.05, 4.69) is 10.6 Å². The van der Waals surface area contributed by atoms with Gasteiger partial charge in [-0.25, -0.2) is 4.79 Å². The monoisotopic (exact) mass is 116 g/mol. The number of hydrogen-bond acceptors (Lipinski definition) is 2. The third-order valence-corrected chi connectivity index (χ3v) is 1.06. The molecule has 1 unspecified atom stereocenters. The Morgan fingerprint density at radius 2 is 2.62 bits per heavy atom. The predicted octanol–water partition coefficient (Wildman–Crippen LogP) is -1.34. The largest absolute Gasteiger partial charge is 0.394 e. The van der Waals surface area contributed by atoms with Crippen LogP contribution in [0.5, 0.6) is 0 Å². The van der Waals surface area contributed by atoms with Crippen molar-refractivity contribution in [3.8, 4) is 0 Å². The molecule has 0 radical (unpaired) electrons. The zero-order chi connectivity index (χ0) is 5.98. The van der Waals surface area contributed by atoms with Gasteiger partial charge in [0, 0.05) is 6.54 Å². The van der Waals surface area contributed by atoms with Crippen LogP contribution in [-0.4, -0.2) is 30.3 Å². The van der Waals surface area contributed by atoms with E-state index in [4.69, 9.17) is 5.11 Å². The van der Waals surface area contributed by atoms with E-state index in [1.807, 2.05) is 0 Å². The van der Waals surface area contributed by atoms with Crippen molar-refractivity contribution in [3.63, 3.8) is 0 Å². The van der Waals surface area contributed by atoms with Crippen LogP contribution >= 0.6 is 0 Å². The lowest BCUT2D eigenvalue weighted by molar-refractivity contribution is 0.238. The SMILES string of the molecule is O=C1NCC(CO)N1. The van der Waals surface area contributed by atoms with Gasteiger partial charge in [0.25, 0.3) is 0 Å². The van der Waals surface area contributed by atoms with Crippen molar-refractivity contribution < 1.29 is 9.90 Å². The van der Waals surface area contributed by atoms with E-state index in [9.17, 15) is 4.79 Å². The summed E-state index contributed by atoms with van der Waals surface area (Å²) in [6.45, 7) is 0.550. The van der Waals surface area contributed by atoms with Gasteiger partial charge in [-0.3, -0.25) is 0 Å². The van der Waals surface area contributed by atoms with E-state index in [1.165, 1.54) is 0 Å². The first-order valence-electron chi connectivity index (χ1n) is 2.48. The molecule has 1 heterocycles. The minimum atomic E-state index is -0.191. The standard InChI is InChI=1S/C4H8N2O2/c7-2-3-1-5-4(8)6-3/h3,7H,1-2H2,(H2,5,6,8). The maximum atomic E-state index is 10.3. The second kappa shape index (κ2) is 2.00. The van der Waals surface area contributed by atoms with Crippen molar-refractivity contribution in [2.75, 3.05) is 13.2 Å². The lowest BCUT2D eigenvalue weighted by Crippen LogP contribution is -2.29. The number of hydrogen-bond donors (Lipinski definition) is 3. The summed E-state index contributed by atoms with van der Waals surface area (Å²) < 4.78 is 0. The summed E-state index contributed by atoms with van der Waals surface area (Å²) in [5, 5.41) is 13.4. The van der Waals surface area contributed by atoms with E-state index in [1.54, 1.807) is 0 Å². The molecule has 0 bridgehead atoms. The first kappa shape index (κ1) is 5.37. The smallest absolute Gasteiger partial charge is 0.315 e. The molecule has 46 valence electrons. The summed E-state index contributed by atoms with van der Waals surface area (Å²) in [6, 6.07) is -0.272. The number of aliphatic hydroxyl groups is 1. The Bertz CT molecular complexity index is 104. The van der Waals surface area contributed by atoms with Gasteiger partial charge in [-0.05, 0) is 0 Å². The molecule has 0 aromatic rings. The number of carbonyl (C=O) groups is 1. The molecule has 2 amide bonds. The second-order valence-corrected chi connectivity index (χ2v) is 1.73. The lowest BCUT2D eigenvalue weighted by atomic mass is 10.3. The van der Waals surface area contributed by atoms with Crippen LogP contribution in [0.1, 0.15) is 0 Å². The zero-order valence-electron chi connectivity index (χ0n) is 4.35.